The van der Waals surface area contributed by atoms with Gasteiger partial charge in [0.15, 0.2) is 5.41 Å². The molecule has 0 amide bonds. The predicted octanol–water partition coefficient (Wildman–Crippen LogP) is 6.22. The highest BCUT2D eigenvalue weighted by atomic mass is 16.5. The molecule has 26 heavy (non-hydrogen) atoms. The molecule has 0 saturated carbocycles. The quantitative estimate of drug-likeness (QED) is 0.211. The lowest BCUT2D eigenvalue weighted by Gasteiger charge is -2.30. The number of hydrogen-bond donors (Lipinski definition) is 1. The molecule has 0 radical (unpaired) electrons. The Morgan fingerprint density at radius 1 is 0.846 bits per heavy atom. The van der Waals surface area contributed by atoms with E-state index in [1.807, 2.05) is 6.92 Å². The number of hydrogen-bond acceptors (Lipinski definition) is 3. The van der Waals surface area contributed by atoms with Crippen LogP contribution in [-0.4, -0.2) is 23.1 Å². The molecule has 1 atom stereocenters. The van der Waals surface area contributed by atoms with Crippen LogP contribution in [0, 0.1) is 17.3 Å². The zero-order valence-electron chi connectivity index (χ0n) is 18.0. The molecule has 0 spiro atoms. The second-order valence-electron chi connectivity index (χ2n) is 8.67. The molecule has 0 aliphatic rings. The van der Waals surface area contributed by atoms with Crippen LogP contribution in [0.3, 0.4) is 0 Å². The van der Waals surface area contributed by atoms with E-state index < -0.39 is 17.4 Å². The molecule has 4 heteroatoms. The van der Waals surface area contributed by atoms with E-state index in [1.54, 1.807) is 0 Å². The highest BCUT2D eigenvalue weighted by molar-refractivity contribution is 5.99. The summed E-state index contributed by atoms with van der Waals surface area (Å²) in [5.74, 6) is -0.848. The van der Waals surface area contributed by atoms with Gasteiger partial charge in [-0.15, -0.1) is 0 Å². The minimum Gasteiger partial charge on any atom is -0.480 e. The fraction of sp³-hybridized carbons (Fsp3) is 0.909. The van der Waals surface area contributed by atoms with Crippen LogP contribution < -0.4 is 0 Å². The van der Waals surface area contributed by atoms with Crippen molar-refractivity contribution < 1.29 is 19.4 Å². The molecule has 1 unspecified atom stereocenters. The largest absolute Gasteiger partial charge is 0.480 e. The molecule has 0 bridgehead atoms. The van der Waals surface area contributed by atoms with Crippen molar-refractivity contribution in [3.8, 4) is 0 Å². The Bertz CT molecular complexity index is 389. The van der Waals surface area contributed by atoms with Crippen LogP contribution in [0.2, 0.25) is 0 Å². The standard InChI is InChI=1S/C22H42O4/c1-7-8-9-10-11-12-19(6)26-21(25)22(20(23)24,15-13-17(2)3)16-14-18(4)5/h17-19H,7-16H2,1-6H3,(H,23,24). The Labute approximate surface area is 161 Å². The van der Waals surface area contributed by atoms with Crippen molar-refractivity contribution in [3.05, 3.63) is 0 Å². The van der Waals surface area contributed by atoms with Gasteiger partial charge < -0.3 is 9.84 Å². The van der Waals surface area contributed by atoms with Gasteiger partial charge in [0, 0.05) is 0 Å². The molecule has 1 N–H and O–H groups in total. The Hall–Kier alpha value is -1.06. The maximum Gasteiger partial charge on any atom is 0.323 e. The van der Waals surface area contributed by atoms with Gasteiger partial charge in [-0.1, -0.05) is 60.3 Å². The molecule has 154 valence electrons. The van der Waals surface area contributed by atoms with Gasteiger partial charge in [0.25, 0.3) is 0 Å². The molecule has 0 aliphatic heterocycles. The first kappa shape index (κ1) is 24.9. The molecule has 0 saturated heterocycles. The number of rotatable bonds is 15. The van der Waals surface area contributed by atoms with E-state index in [9.17, 15) is 14.7 Å². The molecule has 0 aromatic carbocycles. The summed E-state index contributed by atoms with van der Waals surface area (Å²) < 4.78 is 5.63. The number of esters is 1. The summed E-state index contributed by atoms with van der Waals surface area (Å²) >= 11 is 0. The lowest BCUT2D eigenvalue weighted by Crippen LogP contribution is -2.42. The van der Waals surface area contributed by atoms with Gasteiger partial charge in [0.1, 0.15) is 0 Å². The molecular weight excluding hydrogens is 328 g/mol. The smallest absolute Gasteiger partial charge is 0.323 e. The van der Waals surface area contributed by atoms with Crippen molar-refractivity contribution >= 4 is 11.9 Å². The third-order valence-corrected chi connectivity index (χ3v) is 5.12. The number of aliphatic carboxylic acids is 1. The number of carbonyl (C=O) groups is 2. The topological polar surface area (TPSA) is 63.6 Å². The normalized spacial score (nSPS) is 13.2. The van der Waals surface area contributed by atoms with E-state index in [2.05, 4.69) is 34.6 Å². The number of carbonyl (C=O) groups excluding carboxylic acids is 1. The van der Waals surface area contributed by atoms with Gasteiger partial charge in [-0.3, -0.25) is 9.59 Å². The third kappa shape index (κ3) is 9.59. The SMILES string of the molecule is CCCCCCCC(C)OC(=O)C(CCC(C)C)(CCC(C)C)C(=O)O. The van der Waals surface area contributed by atoms with Crippen LogP contribution in [0.25, 0.3) is 0 Å². The molecule has 0 aromatic rings. The fourth-order valence-corrected chi connectivity index (χ4v) is 3.09. The van der Waals surface area contributed by atoms with Crippen LogP contribution in [0.15, 0.2) is 0 Å². The number of ether oxygens (including phenoxy) is 1. The van der Waals surface area contributed by atoms with Gasteiger partial charge >= 0.3 is 11.9 Å². The van der Waals surface area contributed by atoms with Gasteiger partial charge in [-0.05, 0) is 57.3 Å². The van der Waals surface area contributed by atoms with E-state index in [0.717, 1.165) is 19.3 Å². The zero-order valence-corrected chi connectivity index (χ0v) is 18.0. The first-order chi connectivity index (χ1) is 12.2. The minimum absolute atomic E-state index is 0.221. The highest BCUT2D eigenvalue weighted by Gasteiger charge is 2.47. The third-order valence-electron chi connectivity index (χ3n) is 5.12. The van der Waals surface area contributed by atoms with Crippen molar-refractivity contribution in [3.63, 3.8) is 0 Å². The first-order valence-electron chi connectivity index (χ1n) is 10.6. The van der Waals surface area contributed by atoms with Crippen molar-refractivity contribution in [2.45, 2.75) is 112 Å². The maximum absolute atomic E-state index is 12.9. The fourth-order valence-electron chi connectivity index (χ4n) is 3.09. The van der Waals surface area contributed by atoms with E-state index in [0.29, 0.717) is 37.5 Å². The van der Waals surface area contributed by atoms with Crippen molar-refractivity contribution in [2.24, 2.45) is 17.3 Å². The Morgan fingerprint density at radius 3 is 1.77 bits per heavy atom. The summed E-state index contributed by atoms with van der Waals surface area (Å²) in [6, 6.07) is 0. The average Bonchev–Trinajstić information content (AvgIpc) is 2.54. The average molecular weight is 371 g/mol. The molecular formula is C22H42O4. The van der Waals surface area contributed by atoms with Crippen LogP contribution in [0.4, 0.5) is 0 Å². The number of carboxylic acid groups (broad SMARTS) is 1. The lowest BCUT2D eigenvalue weighted by molar-refractivity contribution is -0.174. The Balaban J connectivity index is 4.91. The molecule has 0 fully saturated rings. The summed E-state index contributed by atoms with van der Waals surface area (Å²) in [5, 5.41) is 9.91. The van der Waals surface area contributed by atoms with Gasteiger partial charge in [-0.25, -0.2) is 0 Å². The Kier molecular flexibility index (Phi) is 12.6. The summed E-state index contributed by atoms with van der Waals surface area (Å²) in [5.41, 5.74) is -1.40. The van der Waals surface area contributed by atoms with E-state index >= 15 is 0 Å². The highest BCUT2D eigenvalue weighted by Crippen LogP contribution is 2.35. The summed E-state index contributed by atoms with van der Waals surface area (Å²) in [7, 11) is 0. The summed E-state index contributed by atoms with van der Waals surface area (Å²) in [6.07, 6.45) is 8.53. The molecule has 0 aliphatic carbocycles. The second-order valence-corrected chi connectivity index (χ2v) is 8.67. The number of unbranched alkanes of at least 4 members (excludes halogenated alkanes) is 4. The van der Waals surface area contributed by atoms with Gasteiger partial charge in [-0.2, -0.15) is 0 Å². The number of carboxylic acids is 1. The maximum atomic E-state index is 12.9. The van der Waals surface area contributed by atoms with E-state index in [1.165, 1.54) is 19.3 Å². The van der Waals surface area contributed by atoms with Crippen molar-refractivity contribution in [2.75, 3.05) is 0 Å². The van der Waals surface area contributed by atoms with Crippen molar-refractivity contribution in [1.82, 2.24) is 0 Å². The lowest BCUT2D eigenvalue weighted by atomic mass is 9.76. The molecule has 0 rings (SSSR count). The summed E-state index contributed by atoms with van der Waals surface area (Å²) in [4.78, 5) is 25.0. The van der Waals surface area contributed by atoms with Gasteiger partial charge in [0.05, 0.1) is 6.10 Å². The molecule has 0 heterocycles. The molecule has 4 nitrogen and oxygen atoms in total. The van der Waals surface area contributed by atoms with Gasteiger partial charge in [0.2, 0.25) is 0 Å². The van der Waals surface area contributed by atoms with Crippen LogP contribution in [0.5, 0.6) is 0 Å². The summed E-state index contributed by atoms with van der Waals surface area (Å²) in [6.45, 7) is 12.3. The predicted molar refractivity (Wildman–Crippen MR) is 107 cm³/mol. The van der Waals surface area contributed by atoms with E-state index in [4.69, 9.17) is 4.74 Å². The van der Waals surface area contributed by atoms with Crippen LogP contribution in [-0.2, 0) is 14.3 Å². The minimum atomic E-state index is -1.40. The van der Waals surface area contributed by atoms with Crippen LogP contribution in [0.1, 0.15) is 106 Å². The monoisotopic (exact) mass is 370 g/mol. The van der Waals surface area contributed by atoms with Crippen LogP contribution >= 0.6 is 0 Å². The van der Waals surface area contributed by atoms with E-state index in [-0.39, 0.29) is 6.10 Å². The second kappa shape index (κ2) is 13.2. The molecule has 0 aromatic heterocycles. The van der Waals surface area contributed by atoms with Crippen molar-refractivity contribution in [1.29, 1.82) is 0 Å². The first-order valence-corrected chi connectivity index (χ1v) is 10.6. The zero-order chi connectivity index (χ0) is 20.2. The Morgan fingerprint density at radius 2 is 1.35 bits per heavy atom.